The number of carbonyl (C=O) groups excluding carboxylic acids is 2. The molecule has 2 atom stereocenters. The maximum absolute atomic E-state index is 13.2. The lowest BCUT2D eigenvalue weighted by molar-refractivity contribution is -0.143. The molecule has 0 spiro atoms. The number of carbonyl (C=O) groups is 2. The molecule has 0 saturated heterocycles. The summed E-state index contributed by atoms with van der Waals surface area (Å²) in [5, 5.41) is 4.16. The van der Waals surface area contributed by atoms with Gasteiger partial charge in [0.15, 0.2) is 6.61 Å². The predicted octanol–water partition coefficient (Wildman–Crippen LogP) is 5.40. The molecular formula is C24H30Cl2N2O3. The summed E-state index contributed by atoms with van der Waals surface area (Å²) in [6.07, 6.45) is 1.28. The molecule has 0 fully saturated rings. The summed E-state index contributed by atoms with van der Waals surface area (Å²) < 4.78 is 5.71. The Morgan fingerprint density at radius 1 is 1.06 bits per heavy atom. The molecule has 2 amide bonds. The summed E-state index contributed by atoms with van der Waals surface area (Å²) in [5.41, 5.74) is 1.63. The van der Waals surface area contributed by atoms with Gasteiger partial charge in [0.25, 0.3) is 5.91 Å². The first-order valence-electron chi connectivity index (χ1n) is 10.5. The second-order valence-corrected chi connectivity index (χ2v) is 8.37. The second-order valence-electron chi connectivity index (χ2n) is 7.55. The van der Waals surface area contributed by atoms with Gasteiger partial charge in [0.05, 0.1) is 0 Å². The zero-order chi connectivity index (χ0) is 23.0. The zero-order valence-corrected chi connectivity index (χ0v) is 20.0. The van der Waals surface area contributed by atoms with Crippen molar-refractivity contribution in [1.29, 1.82) is 0 Å². The maximum Gasteiger partial charge on any atom is 0.261 e. The summed E-state index contributed by atoms with van der Waals surface area (Å²) in [6, 6.07) is 11.9. The number of halogens is 2. The van der Waals surface area contributed by atoms with E-state index in [1.165, 1.54) is 0 Å². The van der Waals surface area contributed by atoms with E-state index in [0.29, 0.717) is 22.2 Å². The van der Waals surface area contributed by atoms with Crippen LogP contribution in [0.15, 0.2) is 42.5 Å². The topological polar surface area (TPSA) is 58.6 Å². The molecule has 31 heavy (non-hydrogen) atoms. The van der Waals surface area contributed by atoms with Gasteiger partial charge in [0.1, 0.15) is 11.8 Å². The van der Waals surface area contributed by atoms with Crippen molar-refractivity contribution < 1.29 is 14.3 Å². The van der Waals surface area contributed by atoms with E-state index in [4.69, 9.17) is 27.9 Å². The highest BCUT2D eigenvalue weighted by atomic mass is 35.5. The highest BCUT2D eigenvalue weighted by molar-refractivity contribution is 6.31. The van der Waals surface area contributed by atoms with E-state index in [1.807, 2.05) is 45.9 Å². The molecule has 0 unspecified atom stereocenters. The number of hydrogen-bond acceptors (Lipinski definition) is 3. The number of nitrogens with zero attached hydrogens (tertiary/aromatic N) is 1. The largest absolute Gasteiger partial charge is 0.484 e. The lowest BCUT2D eigenvalue weighted by Gasteiger charge is -2.31. The van der Waals surface area contributed by atoms with Crippen molar-refractivity contribution >= 4 is 35.0 Å². The van der Waals surface area contributed by atoms with Gasteiger partial charge in [0, 0.05) is 22.6 Å². The standard InChI is InChI=1S/C24H30Cl2N2O3/c1-5-17(4)27-24(30)22(6-2)28(14-18-9-7-8-10-21(18)26)23(29)15-31-19-11-12-20(25)16(3)13-19/h7-13,17,22H,5-6,14-15H2,1-4H3,(H,27,30)/t17-,22+/m1/s1. The Labute approximate surface area is 194 Å². The fraction of sp³-hybridized carbons (Fsp3) is 0.417. The monoisotopic (exact) mass is 464 g/mol. The number of amides is 2. The van der Waals surface area contributed by atoms with E-state index in [2.05, 4.69) is 5.32 Å². The minimum Gasteiger partial charge on any atom is -0.484 e. The highest BCUT2D eigenvalue weighted by Crippen LogP contribution is 2.22. The molecule has 0 radical (unpaired) electrons. The lowest BCUT2D eigenvalue weighted by atomic mass is 10.1. The van der Waals surface area contributed by atoms with Crippen molar-refractivity contribution in [2.45, 2.75) is 59.2 Å². The minimum absolute atomic E-state index is 0.0205. The summed E-state index contributed by atoms with van der Waals surface area (Å²) in [5.74, 6) is 0.0725. The Hall–Kier alpha value is -2.24. The number of rotatable bonds is 10. The van der Waals surface area contributed by atoms with Crippen molar-refractivity contribution in [1.82, 2.24) is 10.2 Å². The number of hydrogen-bond donors (Lipinski definition) is 1. The van der Waals surface area contributed by atoms with Crippen LogP contribution in [-0.4, -0.2) is 35.4 Å². The molecular weight excluding hydrogens is 435 g/mol. The van der Waals surface area contributed by atoms with Gasteiger partial charge in [-0.25, -0.2) is 0 Å². The maximum atomic E-state index is 13.2. The van der Waals surface area contributed by atoms with Gasteiger partial charge in [-0.05, 0) is 62.1 Å². The lowest BCUT2D eigenvalue weighted by Crippen LogP contribution is -2.51. The third-order valence-corrected chi connectivity index (χ3v) is 5.97. The van der Waals surface area contributed by atoms with Crippen LogP contribution in [0.2, 0.25) is 10.0 Å². The summed E-state index contributed by atoms with van der Waals surface area (Å²) >= 11 is 12.4. The molecule has 0 aliphatic carbocycles. The molecule has 168 valence electrons. The smallest absolute Gasteiger partial charge is 0.261 e. The molecule has 0 heterocycles. The van der Waals surface area contributed by atoms with Gasteiger partial charge in [-0.2, -0.15) is 0 Å². The van der Waals surface area contributed by atoms with Gasteiger partial charge < -0.3 is 15.0 Å². The normalized spacial score (nSPS) is 12.7. The summed E-state index contributed by atoms with van der Waals surface area (Å²) in [4.78, 5) is 27.7. The Kier molecular flexibility index (Phi) is 9.66. The van der Waals surface area contributed by atoms with Gasteiger partial charge in [-0.15, -0.1) is 0 Å². The molecule has 0 bridgehead atoms. The van der Waals surface area contributed by atoms with E-state index in [1.54, 1.807) is 29.2 Å². The molecule has 1 N–H and O–H groups in total. The van der Waals surface area contributed by atoms with Gasteiger partial charge in [0.2, 0.25) is 5.91 Å². The van der Waals surface area contributed by atoms with E-state index in [-0.39, 0.29) is 31.0 Å². The average Bonchev–Trinajstić information content (AvgIpc) is 2.75. The molecule has 7 heteroatoms. The van der Waals surface area contributed by atoms with Crippen molar-refractivity contribution in [2.75, 3.05) is 6.61 Å². The van der Waals surface area contributed by atoms with Crippen LogP contribution in [0, 0.1) is 6.92 Å². The second kappa shape index (κ2) is 12.0. The van der Waals surface area contributed by atoms with Crippen molar-refractivity contribution in [3.63, 3.8) is 0 Å². The molecule has 0 aliphatic heterocycles. The fourth-order valence-electron chi connectivity index (χ4n) is 3.11. The molecule has 0 saturated carbocycles. The third kappa shape index (κ3) is 7.15. The molecule has 0 aromatic heterocycles. The number of nitrogens with one attached hydrogen (secondary N) is 1. The first-order chi connectivity index (χ1) is 14.8. The van der Waals surface area contributed by atoms with Crippen molar-refractivity contribution in [3.05, 3.63) is 63.6 Å². The van der Waals surface area contributed by atoms with Crippen LogP contribution < -0.4 is 10.1 Å². The molecule has 0 aliphatic rings. The predicted molar refractivity (Wildman–Crippen MR) is 126 cm³/mol. The van der Waals surface area contributed by atoms with Crippen LogP contribution in [-0.2, 0) is 16.1 Å². The quantitative estimate of drug-likeness (QED) is 0.511. The van der Waals surface area contributed by atoms with Crippen LogP contribution in [0.25, 0.3) is 0 Å². The first-order valence-corrected chi connectivity index (χ1v) is 11.2. The highest BCUT2D eigenvalue weighted by Gasteiger charge is 2.30. The Morgan fingerprint density at radius 3 is 2.39 bits per heavy atom. The van der Waals surface area contributed by atoms with E-state index >= 15 is 0 Å². The Balaban J connectivity index is 2.24. The van der Waals surface area contributed by atoms with Crippen LogP contribution >= 0.6 is 23.2 Å². The summed E-state index contributed by atoms with van der Waals surface area (Å²) in [6.45, 7) is 7.72. The third-order valence-electron chi connectivity index (χ3n) is 5.18. The van der Waals surface area contributed by atoms with Crippen molar-refractivity contribution in [3.8, 4) is 5.75 Å². The number of benzene rings is 2. The first kappa shape index (κ1) is 25.0. The van der Waals surface area contributed by atoms with Crippen LogP contribution in [0.3, 0.4) is 0 Å². The van der Waals surface area contributed by atoms with Gasteiger partial charge in [-0.1, -0.05) is 55.2 Å². The van der Waals surface area contributed by atoms with E-state index in [9.17, 15) is 9.59 Å². The minimum atomic E-state index is -0.631. The SMILES string of the molecule is CC[C@@H](C)NC(=O)[C@H](CC)N(Cc1ccccc1Cl)C(=O)COc1ccc(Cl)c(C)c1. The molecule has 2 aromatic rings. The number of aryl methyl sites for hydroxylation is 1. The van der Waals surface area contributed by atoms with Gasteiger partial charge in [-0.3, -0.25) is 9.59 Å². The zero-order valence-electron chi connectivity index (χ0n) is 18.5. The van der Waals surface area contributed by atoms with E-state index in [0.717, 1.165) is 17.5 Å². The number of ether oxygens (including phenoxy) is 1. The summed E-state index contributed by atoms with van der Waals surface area (Å²) in [7, 11) is 0. The Bertz CT molecular complexity index is 904. The van der Waals surface area contributed by atoms with Crippen LogP contribution in [0.1, 0.15) is 44.7 Å². The van der Waals surface area contributed by atoms with Crippen LogP contribution in [0.5, 0.6) is 5.75 Å². The molecule has 5 nitrogen and oxygen atoms in total. The Morgan fingerprint density at radius 2 is 1.77 bits per heavy atom. The average molecular weight is 465 g/mol. The van der Waals surface area contributed by atoms with E-state index < -0.39 is 6.04 Å². The van der Waals surface area contributed by atoms with Gasteiger partial charge >= 0.3 is 0 Å². The van der Waals surface area contributed by atoms with Crippen LogP contribution in [0.4, 0.5) is 0 Å². The molecule has 2 aromatic carbocycles. The molecule has 2 rings (SSSR count). The van der Waals surface area contributed by atoms with Crippen molar-refractivity contribution in [2.24, 2.45) is 0 Å². The fourth-order valence-corrected chi connectivity index (χ4v) is 3.42.